The molecular formula is C13H25N3O2. The van der Waals surface area contributed by atoms with Crippen molar-refractivity contribution in [2.24, 2.45) is 11.7 Å². The second-order valence-corrected chi connectivity index (χ2v) is 5.48. The predicted molar refractivity (Wildman–Crippen MR) is 70.3 cm³/mol. The summed E-state index contributed by atoms with van der Waals surface area (Å²) in [4.78, 5) is 11.7. The van der Waals surface area contributed by atoms with Gasteiger partial charge in [-0.1, -0.05) is 19.3 Å². The lowest BCUT2D eigenvalue weighted by molar-refractivity contribution is 0.180. The van der Waals surface area contributed by atoms with E-state index in [-0.39, 0.29) is 12.1 Å². The van der Waals surface area contributed by atoms with E-state index in [4.69, 9.17) is 10.5 Å². The van der Waals surface area contributed by atoms with Crippen LogP contribution in [-0.4, -0.2) is 37.9 Å². The van der Waals surface area contributed by atoms with Gasteiger partial charge in [0.1, 0.15) is 0 Å². The first kappa shape index (κ1) is 13.6. The van der Waals surface area contributed by atoms with Crippen molar-refractivity contribution >= 4 is 6.03 Å². The third-order valence-electron chi connectivity index (χ3n) is 4.01. The molecule has 2 atom stereocenters. The number of nitrogens with two attached hydrogens (primary N) is 1. The molecule has 1 heterocycles. The van der Waals surface area contributed by atoms with E-state index in [2.05, 4.69) is 10.6 Å². The fourth-order valence-corrected chi connectivity index (χ4v) is 2.75. The van der Waals surface area contributed by atoms with Crippen LogP contribution in [0.15, 0.2) is 0 Å². The SMILES string of the molecule is NC(CNC(=O)NC1CCCCC1)C1CCOC1. The average Bonchev–Trinajstić information content (AvgIpc) is 2.91. The molecule has 0 aromatic rings. The highest BCUT2D eigenvalue weighted by molar-refractivity contribution is 5.74. The van der Waals surface area contributed by atoms with Crippen LogP contribution in [0.1, 0.15) is 38.5 Å². The van der Waals surface area contributed by atoms with Crippen LogP contribution in [0.4, 0.5) is 4.79 Å². The smallest absolute Gasteiger partial charge is 0.315 e. The van der Waals surface area contributed by atoms with Crippen molar-refractivity contribution in [1.82, 2.24) is 10.6 Å². The molecule has 0 radical (unpaired) electrons. The zero-order chi connectivity index (χ0) is 12.8. The maximum absolute atomic E-state index is 11.7. The van der Waals surface area contributed by atoms with E-state index < -0.39 is 0 Å². The minimum absolute atomic E-state index is 0.00426. The lowest BCUT2D eigenvalue weighted by Crippen LogP contribution is -2.48. The average molecular weight is 255 g/mol. The number of amides is 2. The second kappa shape index (κ2) is 6.95. The Morgan fingerprint density at radius 2 is 2.06 bits per heavy atom. The third-order valence-corrected chi connectivity index (χ3v) is 4.01. The molecule has 1 saturated heterocycles. The first-order chi connectivity index (χ1) is 8.75. The summed E-state index contributed by atoms with van der Waals surface area (Å²) in [5.41, 5.74) is 6.04. The molecule has 5 nitrogen and oxygen atoms in total. The van der Waals surface area contributed by atoms with Gasteiger partial charge in [0.15, 0.2) is 0 Å². The van der Waals surface area contributed by atoms with E-state index in [9.17, 15) is 4.79 Å². The van der Waals surface area contributed by atoms with Gasteiger partial charge in [-0.25, -0.2) is 4.79 Å². The van der Waals surface area contributed by atoms with Gasteiger partial charge in [0, 0.05) is 31.2 Å². The van der Waals surface area contributed by atoms with Crippen LogP contribution in [0.5, 0.6) is 0 Å². The molecule has 5 heteroatoms. The number of hydrogen-bond acceptors (Lipinski definition) is 3. The molecule has 1 saturated carbocycles. The van der Waals surface area contributed by atoms with Crippen LogP contribution in [0.2, 0.25) is 0 Å². The lowest BCUT2D eigenvalue weighted by Gasteiger charge is -2.24. The van der Waals surface area contributed by atoms with Crippen molar-refractivity contribution in [3.63, 3.8) is 0 Å². The lowest BCUT2D eigenvalue weighted by atomic mass is 9.96. The summed E-state index contributed by atoms with van der Waals surface area (Å²) in [5, 5.41) is 5.90. The largest absolute Gasteiger partial charge is 0.381 e. The molecule has 0 bridgehead atoms. The van der Waals surface area contributed by atoms with Crippen LogP contribution in [0, 0.1) is 5.92 Å². The van der Waals surface area contributed by atoms with Crippen LogP contribution in [-0.2, 0) is 4.74 Å². The molecule has 0 spiro atoms. The quantitative estimate of drug-likeness (QED) is 0.701. The van der Waals surface area contributed by atoms with Gasteiger partial charge in [0.25, 0.3) is 0 Å². The van der Waals surface area contributed by atoms with Crippen molar-refractivity contribution in [2.75, 3.05) is 19.8 Å². The van der Waals surface area contributed by atoms with E-state index in [1.807, 2.05) is 0 Å². The van der Waals surface area contributed by atoms with Gasteiger partial charge in [-0.3, -0.25) is 0 Å². The summed E-state index contributed by atoms with van der Waals surface area (Å²) >= 11 is 0. The maximum Gasteiger partial charge on any atom is 0.315 e. The molecule has 0 aromatic heterocycles. The van der Waals surface area contributed by atoms with Gasteiger partial charge in [0.05, 0.1) is 6.61 Å². The Bertz CT molecular complexity index is 261. The monoisotopic (exact) mass is 255 g/mol. The molecular weight excluding hydrogens is 230 g/mol. The molecule has 1 aliphatic heterocycles. The van der Waals surface area contributed by atoms with E-state index in [0.29, 0.717) is 18.5 Å². The number of hydrogen-bond donors (Lipinski definition) is 3. The Morgan fingerprint density at radius 1 is 1.28 bits per heavy atom. The van der Waals surface area contributed by atoms with Crippen molar-refractivity contribution < 1.29 is 9.53 Å². The van der Waals surface area contributed by atoms with Crippen LogP contribution in [0.3, 0.4) is 0 Å². The minimum Gasteiger partial charge on any atom is -0.381 e. The van der Waals surface area contributed by atoms with Crippen LogP contribution < -0.4 is 16.4 Å². The number of carbonyl (C=O) groups is 1. The fourth-order valence-electron chi connectivity index (χ4n) is 2.75. The topological polar surface area (TPSA) is 76.4 Å². The summed E-state index contributed by atoms with van der Waals surface area (Å²) in [5.74, 6) is 0.389. The predicted octanol–water partition coefficient (Wildman–Crippen LogP) is 0.982. The minimum atomic E-state index is -0.0729. The number of carbonyl (C=O) groups excluding carboxylic acids is 1. The summed E-state index contributed by atoms with van der Waals surface area (Å²) in [6.07, 6.45) is 6.97. The van der Waals surface area contributed by atoms with E-state index in [1.54, 1.807) is 0 Å². The van der Waals surface area contributed by atoms with Gasteiger partial charge >= 0.3 is 6.03 Å². The summed E-state index contributed by atoms with van der Waals surface area (Å²) in [6, 6.07) is 0.283. The zero-order valence-corrected chi connectivity index (χ0v) is 11.0. The molecule has 2 rings (SSSR count). The molecule has 1 aliphatic carbocycles. The molecule has 2 fully saturated rings. The number of ether oxygens (including phenoxy) is 1. The number of urea groups is 1. The van der Waals surface area contributed by atoms with Gasteiger partial charge in [-0.05, 0) is 19.3 Å². The Labute approximate surface area is 109 Å². The summed E-state index contributed by atoms with van der Waals surface area (Å²) < 4.78 is 5.30. The first-order valence-corrected chi connectivity index (χ1v) is 7.13. The Morgan fingerprint density at radius 3 is 2.72 bits per heavy atom. The van der Waals surface area contributed by atoms with Crippen molar-refractivity contribution in [1.29, 1.82) is 0 Å². The number of nitrogens with one attached hydrogen (secondary N) is 2. The molecule has 104 valence electrons. The summed E-state index contributed by atoms with van der Waals surface area (Å²) in [7, 11) is 0. The molecule has 0 aromatic carbocycles. The van der Waals surface area contributed by atoms with Crippen molar-refractivity contribution in [3.8, 4) is 0 Å². The highest BCUT2D eigenvalue weighted by atomic mass is 16.5. The summed E-state index contributed by atoms with van der Waals surface area (Å²) in [6.45, 7) is 2.06. The van der Waals surface area contributed by atoms with Crippen molar-refractivity contribution in [2.45, 2.75) is 50.6 Å². The van der Waals surface area contributed by atoms with Crippen molar-refractivity contribution in [3.05, 3.63) is 0 Å². The van der Waals surface area contributed by atoms with Crippen LogP contribution >= 0.6 is 0 Å². The second-order valence-electron chi connectivity index (χ2n) is 5.48. The maximum atomic E-state index is 11.7. The standard InChI is InChI=1S/C13H25N3O2/c14-12(10-6-7-18-9-10)8-15-13(17)16-11-4-2-1-3-5-11/h10-12H,1-9,14H2,(H2,15,16,17). The van der Waals surface area contributed by atoms with E-state index >= 15 is 0 Å². The van der Waals surface area contributed by atoms with Gasteiger partial charge in [-0.2, -0.15) is 0 Å². The molecule has 2 amide bonds. The molecule has 18 heavy (non-hydrogen) atoms. The highest BCUT2D eigenvalue weighted by Crippen LogP contribution is 2.17. The first-order valence-electron chi connectivity index (χ1n) is 7.13. The Balaban J connectivity index is 1.61. The normalized spacial score (nSPS) is 26.8. The van der Waals surface area contributed by atoms with E-state index in [0.717, 1.165) is 32.5 Å². The Kier molecular flexibility index (Phi) is 5.26. The Hall–Kier alpha value is -0.810. The third kappa shape index (κ3) is 4.14. The molecule has 2 unspecified atom stereocenters. The van der Waals surface area contributed by atoms with Gasteiger partial charge in [0.2, 0.25) is 0 Å². The zero-order valence-electron chi connectivity index (χ0n) is 11.0. The molecule has 4 N–H and O–H groups in total. The highest BCUT2D eigenvalue weighted by Gasteiger charge is 2.23. The van der Waals surface area contributed by atoms with Crippen LogP contribution in [0.25, 0.3) is 0 Å². The van der Waals surface area contributed by atoms with Gasteiger partial charge in [-0.15, -0.1) is 0 Å². The molecule has 2 aliphatic rings. The van der Waals surface area contributed by atoms with Gasteiger partial charge < -0.3 is 21.1 Å². The van der Waals surface area contributed by atoms with E-state index in [1.165, 1.54) is 19.3 Å². The fraction of sp³-hybridized carbons (Fsp3) is 0.923. The number of rotatable bonds is 4.